The number of unbranched alkanes of at least 4 members (excludes halogenated alkanes) is 22. The van der Waals surface area contributed by atoms with E-state index >= 15 is 0 Å². The van der Waals surface area contributed by atoms with E-state index in [0.29, 0.717) is 19.3 Å². The number of hydrogen-bond donors (Lipinski definition) is 0. The molecule has 302 valence electrons. The lowest BCUT2D eigenvalue weighted by Crippen LogP contribution is -2.30. The van der Waals surface area contributed by atoms with E-state index < -0.39 is 6.10 Å². The minimum atomic E-state index is -0.767. The summed E-state index contributed by atoms with van der Waals surface area (Å²) in [5, 5.41) is 0. The van der Waals surface area contributed by atoms with E-state index in [9.17, 15) is 14.4 Å². The molecule has 1 atom stereocenters. The van der Waals surface area contributed by atoms with Gasteiger partial charge in [0, 0.05) is 19.3 Å². The normalized spacial score (nSPS) is 12.3. The van der Waals surface area contributed by atoms with E-state index in [-0.39, 0.29) is 31.1 Å². The Morgan fingerprint density at radius 1 is 0.404 bits per heavy atom. The smallest absolute Gasteiger partial charge is 0.306 e. The molecule has 1 unspecified atom stereocenters. The molecule has 6 heteroatoms. The first-order valence-corrected chi connectivity index (χ1v) is 22.0. The van der Waals surface area contributed by atoms with Crippen LogP contribution in [0, 0.1) is 0 Å². The fourth-order valence-corrected chi connectivity index (χ4v) is 6.10. The predicted octanol–water partition coefficient (Wildman–Crippen LogP) is 13.8. The Hall–Kier alpha value is -2.37. The summed E-state index contributed by atoms with van der Waals surface area (Å²) >= 11 is 0. The highest BCUT2D eigenvalue weighted by Crippen LogP contribution is 2.14. The Morgan fingerprint density at radius 3 is 1.17 bits per heavy atom. The van der Waals surface area contributed by atoms with Crippen molar-refractivity contribution in [1.29, 1.82) is 0 Å². The second-order valence-corrected chi connectivity index (χ2v) is 14.6. The van der Waals surface area contributed by atoms with Crippen LogP contribution >= 0.6 is 0 Å². The van der Waals surface area contributed by atoms with Crippen LogP contribution in [0.15, 0.2) is 36.5 Å². The zero-order valence-electron chi connectivity index (χ0n) is 34.3. The van der Waals surface area contributed by atoms with Crippen molar-refractivity contribution in [2.24, 2.45) is 0 Å². The monoisotopic (exact) mass is 731 g/mol. The van der Waals surface area contributed by atoms with Crippen LogP contribution in [0.3, 0.4) is 0 Å². The van der Waals surface area contributed by atoms with Gasteiger partial charge in [-0.15, -0.1) is 0 Å². The molecule has 0 N–H and O–H groups in total. The van der Waals surface area contributed by atoms with E-state index in [4.69, 9.17) is 14.2 Å². The van der Waals surface area contributed by atoms with Crippen molar-refractivity contribution >= 4 is 17.9 Å². The molecule has 0 fully saturated rings. The number of hydrogen-bond acceptors (Lipinski definition) is 6. The second kappa shape index (κ2) is 41.4. The Labute approximate surface area is 321 Å². The maximum atomic E-state index is 12.6. The highest BCUT2D eigenvalue weighted by atomic mass is 16.6. The van der Waals surface area contributed by atoms with Crippen molar-refractivity contribution in [3.8, 4) is 0 Å². The molecule has 0 amide bonds. The van der Waals surface area contributed by atoms with Crippen molar-refractivity contribution < 1.29 is 28.6 Å². The Bertz CT molecular complexity index is 891. The first-order valence-electron chi connectivity index (χ1n) is 22.0. The van der Waals surface area contributed by atoms with Crippen molar-refractivity contribution in [2.75, 3.05) is 13.2 Å². The molecule has 0 aromatic rings. The van der Waals surface area contributed by atoms with Crippen LogP contribution in [0.5, 0.6) is 0 Å². The van der Waals surface area contributed by atoms with Gasteiger partial charge in [0.2, 0.25) is 0 Å². The SMILES string of the molecule is CC/C=C\C/C=C\C/C=C\CCCCCCCCCC(=O)OCC(COC(=O)CCCCCCCC)OC(=O)CCCCCCCCCCCCC. The van der Waals surface area contributed by atoms with E-state index in [1.807, 2.05) is 0 Å². The molecular formula is C46H82O6. The minimum Gasteiger partial charge on any atom is -0.462 e. The van der Waals surface area contributed by atoms with Crippen molar-refractivity contribution in [3.05, 3.63) is 36.5 Å². The topological polar surface area (TPSA) is 78.9 Å². The van der Waals surface area contributed by atoms with Crippen LogP contribution < -0.4 is 0 Å². The average molecular weight is 731 g/mol. The first kappa shape index (κ1) is 49.6. The third-order valence-electron chi connectivity index (χ3n) is 9.41. The van der Waals surface area contributed by atoms with Crippen molar-refractivity contribution in [2.45, 2.75) is 226 Å². The fourth-order valence-electron chi connectivity index (χ4n) is 6.10. The van der Waals surface area contributed by atoms with Crippen LogP contribution in [0.1, 0.15) is 220 Å². The zero-order chi connectivity index (χ0) is 38.0. The third-order valence-corrected chi connectivity index (χ3v) is 9.41. The van der Waals surface area contributed by atoms with Gasteiger partial charge >= 0.3 is 17.9 Å². The Kier molecular flexibility index (Phi) is 39.5. The largest absolute Gasteiger partial charge is 0.462 e. The van der Waals surface area contributed by atoms with Crippen LogP contribution in [0.2, 0.25) is 0 Å². The van der Waals surface area contributed by atoms with Gasteiger partial charge in [-0.25, -0.2) is 0 Å². The summed E-state index contributed by atoms with van der Waals surface area (Å²) in [6.45, 7) is 6.44. The van der Waals surface area contributed by atoms with Gasteiger partial charge < -0.3 is 14.2 Å². The molecule has 0 aromatic carbocycles. The molecule has 0 aliphatic rings. The Balaban J connectivity index is 4.25. The molecule has 0 saturated heterocycles. The van der Waals surface area contributed by atoms with E-state index in [0.717, 1.165) is 83.5 Å². The molecule has 0 rings (SSSR count). The summed E-state index contributed by atoms with van der Waals surface area (Å²) < 4.78 is 16.6. The number of carbonyl (C=O) groups is 3. The van der Waals surface area contributed by atoms with Crippen LogP contribution in [-0.4, -0.2) is 37.2 Å². The highest BCUT2D eigenvalue weighted by Gasteiger charge is 2.19. The number of rotatable bonds is 39. The summed E-state index contributed by atoms with van der Waals surface area (Å²) in [5.41, 5.74) is 0. The summed E-state index contributed by atoms with van der Waals surface area (Å²) in [7, 11) is 0. The summed E-state index contributed by atoms with van der Waals surface area (Å²) in [5.74, 6) is -0.893. The molecule has 0 saturated carbocycles. The van der Waals surface area contributed by atoms with Gasteiger partial charge in [0.05, 0.1) is 0 Å². The number of ether oxygens (including phenoxy) is 3. The van der Waals surface area contributed by atoms with Gasteiger partial charge in [-0.1, -0.05) is 186 Å². The van der Waals surface area contributed by atoms with Crippen LogP contribution in [0.25, 0.3) is 0 Å². The van der Waals surface area contributed by atoms with Gasteiger partial charge in [-0.3, -0.25) is 14.4 Å². The van der Waals surface area contributed by atoms with Crippen LogP contribution in [0.4, 0.5) is 0 Å². The number of allylic oxidation sites excluding steroid dienone is 6. The van der Waals surface area contributed by atoms with Crippen molar-refractivity contribution in [1.82, 2.24) is 0 Å². The number of esters is 3. The molecule has 6 nitrogen and oxygen atoms in total. The van der Waals surface area contributed by atoms with Gasteiger partial charge in [0.15, 0.2) is 6.10 Å². The second-order valence-electron chi connectivity index (χ2n) is 14.6. The molecule has 52 heavy (non-hydrogen) atoms. The van der Waals surface area contributed by atoms with Gasteiger partial charge in [0.1, 0.15) is 13.2 Å². The lowest BCUT2D eigenvalue weighted by Gasteiger charge is -2.18. The molecule has 0 spiro atoms. The van der Waals surface area contributed by atoms with E-state index in [1.165, 1.54) is 96.3 Å². The minimum absolute atomic E-state index is 0.0737. The van der Waals surface area contributed by atoms with Gasteiger partial charge in [-0.05, 0) is 51.4 Å². The van der Waals surface area contributed by atoms with Crippen molar-refractivity contribution in [3.63, 3.8) is 0 Å². The average Bonchev–Trinajstić information content (AvgIpc) is 3.14. The van der Waals surface area contributed by atoms with Gasteiger partial charge in [-0.2, -0.15) is 0 Å². The molecule has 0 heterocycles. The standard InChI is InChI=1S/C46H82O6/c1-4-7-10-13-16-18-20-21-22-23-24-25-27-28-30-33-36-39-45(48)51-42-43(41-50-44(47)38-35-32-15-12-9-6-3)52-46(49)40-37-34-31-29-26-19-17-14-11-8-5-2/h7,10,16,18,21-22,43H,4-6,8-9,11-15,17,19-20,23-42H2,1-3H3/b10-7-,18-16-,22-21-. The molecule has 0 aromatic heterocycles. The third kappa shape index (κ3) is 38.9. The lowest BCUT2D eigenvalue weighted by atomic mass is 10.1. The predicted molar refractivity (Wildman–Crippen MR) is 219 cm³/mol. The first-order chi connectivity index (χ1) is 25.5. The lowest BCUT2D eigenvalue weighted by molar-refractivity contribution is -0.167. The van der Waals surface area contributed by atoms with E-state index in [1.54, 1.807) is 0 Å². The molecular weight excluding hydrogens is 648 g/mol. The van der Waals surface area contributed by atoms with Gasteiger partial charge in [0.25, 0.3) is 0 Å². The summed E-state index contributed by atoms with van der Waals surface area (Å²) in [4.78, 5) is 37.5. The molecule has 0 bridgehead atoms. The number of carbonyl (C=O) groups excluding carboxylic acids is 3. The summed E-state index contributed by atoms with van der Waals surface area (Å²) in [6.07, 6.45) is 45.7. The Morgan fingerprint density at radius 2 is 0.750 bits per heavy atom. The maximum absolute atomic E-state index is 12.6. The zero-order valence-corrected chi connectivity index (χ0v) is 34.3. The molecule has 0 radical (unpaired) electrons. The maximum Gasteiger partial charge on any atom is 0.306 e. The summed E-state index contributed by atoms with van der Waals surface area (Å²) in [6, 6.07) is 0. The molecule has 0 aliphatic carbocycles. The van der Waals surface area contributed by atoms with Crippen LogP contribution in [-0.2, 0) is 28.6 Å². The molecule has 0 aliphatic heterocycles. The van der Waals surface area contributed by atoms with E-state index in [2.05, 4.69) is 57.2 Å². The highest BCUT2D eigenvalue weighted by molar-refractivity contribution is 5.71. The fraction of sp³-hybridized carbons (Fsp3) is 0.804. The quantitative estimate of drug-likeness (QED) is 0.0271.